The minimum atomic E-state index is -0.153. The molecule has 0 unspecified atom stereocenters. The molecule has 3 heterocycles. The number of pyridine rings is 1. The van der Waals surface area contributed by atoms with Gasteiger partial charge in [-0.2, -0.15) is 0 Å². The Bertz CT molecular complexity index is 993. The van der Waals surface area contributed by atoms with Gasteiger partial charge >= 0.3 is 0 Å². The van der Waals surface area contributed by atoms with Gasteiger partial charge in [-0.1, -0.05) is 30.3 Å². The summed E-state index contributed by atoms with van der Waals surface area (Å²) in [5.41, 5.74) is 2.01. The van der Waals surface area contributed by atoms with Gasteiger partial charge in [-0.15, -0.1) is 0 Å². The van der Waals surface area contributed by atoms with Crippen LogP contribution >= 0.6 is 0 Å². The summed E-state index contributed by atoms with van der Waals surface area (Å²) in [5.74, 6) is 0.366. The molecule has 2 atom stereocenters. The van der Waals surface area contributed by atoms with Gasteiger partial charge < -0.3 is 19.5 Å². The summed E-state index contributed by atoms with van der Waals surface area (Å²) in [4.78, 5) is 29.0. The Morgan fingerprint density at radius 3 is 2.48 bits per heavy atom. The second kappa shape index (κ2) is 8.60. The lowest BCUT2D eigenvalue weighted by atomic mass is 10.0. The highest BCUT2D eigenvalue weighted by atomic mass is 16.5. The number of rotatable bonds is 4. The molecule has 1 aromatic carbocycles. The Labute approximate surface area is 183 Å². The normalized spacial score (nSPS) is 24.9. The van der Waals surface area contributed by atoms with Crippen molar-refractivity contribution in [3.05, 3.63) is 69.6 Å². The van der Waals surface area contributed by atoms with Crippen LogP contribution in [0, 0.1) is 12.8 Å². The third kappa shape index (κ3) is 4.19. The number of piperidine rings is 1. The average molecular weight is 422 g/mol. The highest BCUT2D eigenvalue weighted by Gasteiger charge is 2.41. The fraction of sp³-hybridized carbons (Fsp3) is 0.520. The molecule has 6 heteroatoms. The number of carbonyl (C=O) groups excluding carboxylic acids is 1. The minimum Gasteiger partial charge on any atom is -0.366 e. The Balaban J connectivity index is 1.45. The van der Waals surface area contributed by atoms with Crippen LogP contribution < -0.4 is 10.9 Å². The fourth-order valence-corrected chi connectivity index (χ4v) is 4.97. The number of ether oxygens (including phenoxy) is 1. The van der Waals surface area contributed by atoms with E-state index in [2.05, 4.69) is 17.4 Å². The molecule has 0 bridgehead atoms. The molecule has 0 spiro atoms. The number of benzene rings is 1. The number of aromatic nitrogens is 1. The second-order valence-electron chi connectivity index (χ2n) is 9.19. The maximum Gasteiger partial charge on any atom is 0.263 e. The summed E-state index contributed by atoms with van der Waals surface area (Å²) in [7, 11) is 0. The van der Waals surface area contributed by atoms with Crippen molar-refractivity contribution in [2.45, 2.75) is 50.9 Å². The summed E-state index contributed by atoms with van der Waals surface area (Å²) in [6.45, 7) is 4.72. The van der Waals surface area contributed by atoms with Crippen LogP contribution in [0.15, 0.2) is 47.4 Å². The van der Waals surface area contributed by atoms with E-state index in [0.29, 0.717) is 24.6 Å². The first kappa shape index (κ1) is 20.5. The third-order valence-electron chi connectivity index (χ3n) is 6.98. The van der Waals surface area contributed by atoms with E-state index >= 15 is 0 Å². The largest absolute Gasteiger partial charge is 0.366 e. The summed E-state index contributed by atoms with van der Waals surface area (Å²) in [6, 6.07) is 12.2. The molecule has 1 amide bonds. The molecule has 2 aliphatic heterocycles. The first-order chi connectivity index (χ1) is 15.1. The van der Waals surface area contributed by atoms with E-state index in [4.69, 9.17) is 4.74 Å². The van der Waals surface area contributed by atoms with Crippen LogP contribution in [0.5, 0.6) is 0 Å². The van der Waals surface area contributed by atoms with Crippen LogP contribution in [0.1, 0.15) is 59.3 Å². The first-order valence-electron chi connectivity index (χ1n) is 11.5. The number of aryl methyl sites for hydroxylation is 1. The molecule has 1 saturated carbocycles. The van der Waals surface area contributed by atoms with Crippen LogP contribution in [-0.2, 0) is 4.74 Å². The van der Waals surface area contributed by atoms with Gasteiger partial charge in [-0.05, 0) is 68.8 Å². The van der Waals surface area contributed by atoms with E-state index in [-0.39, 0.29) is 29.7 Å². The molecule has 1 aromatic heterocycles. The van der Waals surface area contributed by atoms with Gasteiger partial charge in [0.25, 0.3) is 11.5 Å². The summed E-state index contributed by atoms with van der Waals surface area (Å²) >= 11 is 0. The zero-order valence-electron chi connectivity index (χ0n) is 18.1. The first-order valence-corrected chi connectivity index (χ1v) is 11.5. The Hall–Kier alpha value is -2.44. The van der Waals surface area contributed by atoms with Crippen LogP contribution in [0.4, 0.5) is 0 Å². The molecule has 3 aliphatic rings. The topological polar surface area (TPSA) is 63.6 Å². The fourth-order valence-electron chi connectivity index (χ4n) is 4.97. The maximum absolute atomic E-state index is 13.7. The van der Waals surface area contributed by atoms with Crippen LogP contribution in [-0.4, -0.2) is 47.7 Å². The SMILES string of the molecule is Cc1ccn(C2CCNCC2)c(=O)c1C(=O)N1C[C@@H](c2ccccc2)O[C@@H](C2CC2)C1. The summed E-state index contributed by atoms with van der Waals surface area (Å²) in [6.07, 6.45) is 5.88. The quantitative estimate of drug-likeness (QED) is 0.824. The maximum atomic E-state index is 13.7. The third-order valence-corrected chi connectivity index (χ3v) is 6.98. The van der Waals surface area contributed by atoms with Gasteiger partial charge in [0.05, 0.1) is 12.6 Å². The minimum absolute atomic E-state index is 0.0403. The molecular weight excluding hydrogens is 390 g/mol. The van der Waals surface area contributed by atoms with Crippen molar-refractivity contribution in [1.82, 2.24) is 14.8 Å². The van der Waals surface area contributed by atoms with Crippen molar-refractivity contribution in [2.24, 2.45) is 5.92 Å². The van der Waals surface area contributed by atoms with Crippen molar-refractivity contribution in [3.8, 4) is 0 Å². The highest BCUT2D eigenvalue weighted by molar-refractivity contribution is 5.95. The molecule has 5 rings (SSSR count). The standard InChI is InChI=1S/C25H31N3O3/c1-17-11-14-28(20-9-12-26-13-10-20)25(30)23(17)24(29)27-15-21(18-5-3-2-4-6-18)31-22(16-27)19-7-8-19/h2-6,11,14,19-22,26H,7-10,12-13,15-16H2,1H3/t21-,22+/m0/s1. The van der Waals surface area contributed by atoms with E-state index in [1.54, 1.807) is 4.57 Å². The van der Waals surface area contributed by atoms with Gasteiger partial charge in [0.2, 0.25) is 0 Å². The highest BCUT2D eigenvalue weighted by Crippen LogP contribution is 2.39. The molecule has 0 radical (unpaired) electrons. The Morgan fingerprint density at radius 1 is 1.03 bits per heavy atom. The number of nitrogens with zero attached hydrogens (tertiary/aromatic N) is 2. The number of nitrogens with one attached hydrogen (secondary N) is 1. The number of carbonyl (C=O) groups is 1. The lowest BCUT2D eigenvalue weighted by molar-refractivity contribution is -0.0864. The predicted octanol–water partition coefficient (Wildman–Crippen LogP) is 3.07. The zero-order valence-corrected chi connectivity index (χ0v) is 18.1. The van der Waals surface area contributed by atoms with E-state index in [1.807, 2.05) is 42.3 Å². The molecule has 3 fully saturated rings. The number of amides is 1. The second-order valence-corrected chi connectivity index (χ2v) is 9.19. The average Bonchev–Trinajstić information content (AvgIpc) is 3.66. The smallest absolute Gasteiger partial charge is 0.263 e. The number of morpholine rings is 1. The van der Waals surface area contributed by atoms with Crippen molar-refractivity contribution in [3.63, 3.8) is 0 Å². The molecule has 6 nitrogen and oxygen atoms in total. The summed E-state index contributed by atoms with van der Waals surface area (Å²) < 4.78 is 8.19. The molecule has 2 aromatic rings. The van der Waals surface area contributed by atoms with E-state index in [0.717, 1.165) is 49.9 Å². The number of hydrogen-bond acceptors (Lipinski definition) is 4. The predicted molar refractivity (Wildman–Crippen MR) is 119 cm³/mol. The van der Waals surface area contributed by atoms with Gasteiger partial charge in [-0.3, -0.25) is 9.59 Å². The van der Waals surface area contributed by atoms with Gasteiger partial charge in [0, 0.05) is 18.8 Å². The van der Waals surface area contributed by atoms with Crippen molar-refractivity contribution in [2.75, 3.05) is 26.2 Å². The van der Waals surface area contributed by atoms with Crippen molar-refractivity contribution >= 4 is 5.91 Å². The van der Waals surface area contributed by atoms with Gasteiger partial charge in [-0.25, -0.2) is 0 Å². The van der Waals surface area contributed by atoms with E-state index < -0.39 is 0 Å². The van der Waals surface area contributed by atoms with E-state index in [9.17, 15) is 9.59 Å². The molecular formula is C25H31N3O3. The zero-order chi connectivity index (χ0) is 21.4. The van der Waals surface area contributed by atoms with Crippen LogP contribution in [0.3, 0.4) is 0 Å². The van der Waals surface area contributed by atoms with Gasteiger partial charge in [0.1, 0.15) is 11.7 Å². The molecule has 1 N–H and O–H groups in total. The molecule has 164 valence electrons. The van der Waals surface area contributed by atoms with Gasteiger partial charge in [0.15, 0.2) is 0 Å². The number of hydrogen-bond donors (Lipinski definition) is 1. The Morgan fingerprint density at radius 2 is 1.77 bits per heavy atom. The Kier molecular flexibility index (Phi) is 5.67. The van der Waals surface area contributed by atoms with Crippen LogP contribution in [0.2, 0.25) is 0 Å². The monoisotopic (exact) mass is 421 g/mol. The van der Waals surface area contributed by atoms with Crippen LogP contribution in [0.25, 0.3) is 0 Å². The van der Waals surface area contributed by atoms with Crippen molar-refractivity contribution < 1.29 is 9.53 Å². The molecule has 31 heavy (non-hydrogen) atoms. The molecule has 2 saturated heterocycles. The molecule has 1 aliphatic carbocycles. The van der Waals surface area contributed by atoms with E-state index in [1.165, 1.54) is 0 Å². The lowest BCUT2D eigenvalue weighted by Gasteiger charge is -2.39. The summed E-state index contributed by atoms with van der Waals surface area (Å²) in [5, 5.41) is 3.34. The van der Waals surface area contributed by atoms with Crippen molar-refractivity contribution in [1.29, 1.82) is 0 Å². The lowest BCUT2D eigenvalue weighted by Crippen LogP contribution is -2.49.